The number of hydrogen-bond donors (Lipinski definition) is 0. The number of halogens is 1. The van der Waals surface area contributed by atoms with Crippen molar-refractivity contribution in [3.63, 3.8) is 0 Å². The van der Waals surface area contributed by atoms with Crippen LogP contribution in [0.3, 0.4) is 0 Å². The van der Waals surface area contributed by atoms with Crippen LogP contribution in [0.15, 0.2) is 18.3 Å². The molecule has 1 nitrogen and oxygen atoms in total. The van der Waals surface area contributed by atoms with E-state index in [1.54, 1.807) is 0 Å². The molecule has 0 radical (unpaired) electrons. The molecule has 0 saturated heterocycles. The molecule has 0 fully saturated rings. The van der Waals surface area contributed by atoms with Gasteiger partial charge < -0.3 is 0 Å². The van der Waals surface area contributed by atoms with Crippen molar-refractivity contribution in [1.29, 1.82) is 0 Å². The lowest BCUT2D eigenvalue weighted by atomic mass is 9.93. The summed E-state index contributed by atoms with van der Waals surface area (Å²) in [6, 6.07) is 3.98. The molecule has 14 heavy (non-hydrogen) atoms. The molecule has 1 rings (SSSR count). The molecule has 0 amide bonds. The second-order valence-corrected chi connectivity index (χ2v) is 4.05. The Labute approximate surface area is 91.5 Å². The smallest absolute Gasteiger partial charge is 0.129 e. The van der Waals surface area contributed by atoms with Gasteiger partial charge in [-0.15, -0.1) is 0 Å². The molecule has 1 aromatic heterocycles. The maximum absolute atomic E-state index is 5.75. The van der Waals surface area contributed by atoms with E-state index in [1.807, 2.05) is 12.3 Å². The van der Waals surface area contributed by atoms with E-state index >= 15 is 0 Å². The molecule has 1 heterocycles. The molecule has 0 bridgehead atoms. The first-order valence-corrected chi connectivity index (χ1v) is 5.77. The number of pyridine rings is 1. The summed E-state index contributed by atoms with van der Waals surface area (Å²) in [4.78, 5) is 4.12. The first-order valence-electron chi connectivity index (χ1n) is 5.39. The molecule has 0 aliphatic rings. The molecule has 0 spiro atoms. The minimum atomic E-state index is 0.582. The van der Waals surface area contributed by atoms with Gasteiger partial charge in [-0.25, -0.2) is 4.98 Å². The van der Waals surface area contributed by atoms with Crippen molar-refractivity contribution in [3.05, 3.63) is 29.0 Å². The van der Waals surface area contributed by atoms with Gasteiger partial charge in [-0.1, -0.05) is 44.4 Å². The van der Waals surface area contributed by atoms with Crippen molar-refractivity contribution >= 4 is 11.6 Å². The van der Waals surface area contributed by atoms with Gasteiger partial charge >= 0.3 is 0 Å². The first-order chi connectivity index (χ1) is 6.77. The van der Waals surface area contributed by atoms with Crippen molar-refractivity contribution in [2.45, 2.75) is 45.4 Å². The molecule has 78 valence electrons. The molecule has 2 heteroatoms. The molecule has 1 aromatic rings. The van der Waals surface area contributed by atoms with Crippen LogP contribution in [0.4, 0.5) is 0 Å². The van der Waals surface area contributed by atoms with Crippen molar-refractivity contribution in [3.8, 4) is 0 Å². The Bertz CT molecular complexity index is 256. The highest BCUT2D eigenvalue weighted by molar-refractivity contribution is 6.29. The van der Waals surface area contributed by atoms with Crippen LogP contribution in [0, 0.1) is 0 Å². The highest BCUT2D eigenvalue weighted by Gasteiger charge is 2.08. The van der Waals surface area contributed by atoms with Crippen LogP contribution in [0.5, 0.6) is 0 Å². The summed E-state index contributed by atoms with van der Waals surface area (Å²) in [5.74, 6) is 0.653. The second kappa shape index (κ2) is 6.02. The number of hydrogen-bond acceptors (Lipinski definition) is 1. The Morgan fingerprint density at radius 3 is 2.64 bits per heavy atom. The standard InChI is InChI=1S/C12H18ClN/c1-3-5-6-10(4-2)11-7-8-12(13)14-9-11/h7-10H,3-6H2,1-2H3. The van der Waals surface area contributed by atoms with Gasteiger partial charge in [0.15, 0.2) is 0 Å². The number of rotatable bonds is 5. The van der Waals surface area contributed by atoms with Gasteiger partial charge in [0.2, 0.25) is 0 Å². The Balaban J connectivity index is 2.64. The van der Waals surface area contributed by atoms with Gasteiger partial charge in [0, 0.05) is 6.20 Å². The molecule has 1 atom stereocenters. The van der Waals surface area contributed by atoms with Crippen LogP contribution < -0.4 is 0 Å². The molecule has 0 aliphatic carbocycles. The van der Waals surface area contributed by atoms with Crippen LogP contribution in [0.2, 0.25) is 5.15 Å². The van der Waals surface area contributed by atoms with E-state index in [0.717, 1.165) is 0 Å². The van der Waals surface area contributed by atoms with Gasteiger partial charge in [-0.3, -0.25) is 0 Å². The van der Waals surface area contributed by atoms with E-state index in [4.69, 9.17) is 11.6 Å². The average molecular weight is 212 g/mol. The van der Waals surface area contributed by atoms with Gasteiger partial charge in [-0.05, 0) is 30.4 Å². The van der Waals surface area contributed by atoms with Gasteiger partial charge in [0.25, 0.3) is 0 Å². The summed E-state index contributed by atoms with van der Waals surface area (Å²) < 4.78 is 0. The lowest BCUT2D eigenvalue weighted by Gasteiger charge is -2.14. The van der Waals surface area contributed by atoms with Crippen LogP contribution in [-0.2, 0) is 0 Å². The fraction of sp³-hybridized carbons (Fsp3) is 0.583. The SMILES string of the molecule is CCCCC(CC)c1ccc(Cl)nc1. The minimum absolute atomic E-state index is 0.582. The minimum Gasteiger partial charge on any atom is -0.244 e. The third-order valence-corrected chi connectivity index (χ3v) is 2.84. The topological polar surface area (TPSA) is 12.9 Å². The second-order valence-electron chi connectivity index (χ2n) is 3.66. The van der Waals surface area contributed by atoms with E-state index in [1.165, 1.54) is 31.2 Å². The van der Waals surface area contributed by atoms with Crippen LogP contribution in [0.25, 0.3) is 0 Å². The Kier molecular flexibility index (Phi) is 4.95. The summed E-state index contributed by atoms with van der Waals surface area (Å²) in [6.45, 7) is 4.46. The summed E-state index contributed by atoms with van der Waals surface area (Å²) in [5, 5.41) is 0.582. The Hall–Kier alpha value is -0.560. The molecule has 0 N–H and O–H groups in total. The summed E-state index contributed by atoms with van der Waals surface area (Å²) >= 11 is 5.75. The fourth-order valence-electron chi connectivity index (χ4n) is 1.69. The van der Waals surface area contributed by atoms with E-state index in [0.29, 0.717) is 11.1 Å². The lowest BCUT2D eigenvalue weighted by molar-refractivity contribution is 0.568. The molecule has 0 aliphatic heterocycles. The molecule has 1 unspecified atom stereocenters. The van der Waals surface area contributed by atoms with Crippen molar-refractivity contribution < 1.29 is 0 Å². The Morgan fingerprint density at radius 2 is 2.14 bits per heavy atom. The first kappa shape index (κ1) is 11.5. The zero-order valence-electron chi connectivity index (χ0n) is 8.96. The number of aromatic nitrogens is 1. The quantitative estimate of drug-likeness (QED) is 0.658. The molecule has 0 aromatic carbocycles. The number of nitrogens with zero attached hydrogens (tertiary/aromatic N) is 1. The highest BCUT2D eigenvalue weighted by atomic mass is 35.5. The summed E-state index contributed by atoms with van der Waals surface area (Å²) in [7, 11) is 0. The van der Waals surface area contributed by atoms with E-state index in [2.05, 4.69) is 24.9 Å². The summed E-state index contributed by atoms with van der Waals surface area (Å²) in [5.41, 5.74) is 1.32. The molecular weight excluding hydrogens is 194 g/mol. The molecular formula is C12H18ClN. The maximum atomic E-state index is 5.75. The zero-order valence-corrected chi connectivity index (χ0v) is 9.72. The molecule has 0 saturated carbocycles. The third-order valence-electron chi connectivity index (χ3n) is 2.62. The predicted molar refractivity (Wildman–Crippen MR) is 61.8 cm³/mol. The van der Waals surface area contributed by atoms with Crippen molar-refractivity contribution in [2.24, 2.45) is 0 Å². The van der Waals surface area contributed by atoms with Crippen molar-refractivity contribution in [1.82, 2.24) is 4.98 Å². The van der Waals surface area contributed by atoms with Crippen LogP contribution in [0.1, 0.15) is 51.0 Å². The van der Waals surface area contributed by atoms with E-state index < -0.39 is 0 Å². The monoisotopic (exact) mass is 211 g/mol. The normalized spacial score (nSPS) is 12.8. The maximum Gasteiger partial charge on any atom is 0.129 e. The van der Waals surface area contributed by atoms with Gasteiger partial charge in [0.1, 0.15) is 5.15 Å². The third kappa shape index (κ3) is 3.30. The Morgan fingerprint density at radius 1 is 1.36 bits per heavy atom. The predicted octanol–water partition coefficient (Wildman–Crippen LogP) is 4.42. The van der Waals surface area contributed by atoms with E-state index in [9.17, 15) is 0 Å². The van der Waals surface area contributed by atoms with Gasteiger partial charge in [-0.2, -0.15) is 0 Å². The highest BCUT2D eigenvalue weighted by Crippen LogP contribution is 2.25. The van der Waals surface area contributed by atoms with Crippen LogP contribution >= 0.6 is 11.6 Å². The average Bonchev–Trinajstić information content (AvgIpc) is 2.21. The van der Waals surface area contributed by atoms with E-state index in [-0.39, 0.29) is 0 Å². The zero-order chi connectivity index (χ0) is 10.4. The van der Waals surface area contributed by atoms with Crippen molar-refractivity contribution in [2.75, 3.05) is 0 Å². The fourth-order valence-corrected chi connectivity index (χ4v) is 1.80. The largest absolute Gasteiger partial charge is 0.244 e. The van der Waals surface area contributed by atoms with Gasteiger partial charge in [0.05, 0.1) is 0 Å². The van der Waals surface area contributed by atoms with Crippen LogP contribution in [-0.4, -0.2) is 4.98 Å². The summed E-state index contributed by atoms with van der Waals surface area (Å²) in [6.07, 6.45) is 6.91. The number of unbranched alkanes of at least 4 members (excludes halogenated alkanes) is 1. The lowest BCUT2D eigenvalue weighted by Crippen LogP contribution is -1.97.